The van der Waals surface area contributed by atoms with E-state index in [9.17, 15) is 4.79 Å². The van der Waals surface area contributed by atoms with Crippen molar-refractivity contribution in [2.24, 2.45) is 0 Å². The first kappa shape index (κ1) is 10.4. The number of rotatable bonds is 4. The molecular formula is C9H16O2. The first-order chi connectivity index (χ1) is 5.06. The van der Waals surface area contributed by atoms with Gasteiger partial charge in [-0.3, -0.25) is 4.79 Å². The van der Waals surface area contributed by atoms with E-state index in [1.807, 2.05) is 20.8 Å². The van der Waals surface area contributed by atoms with Gasteiger partial charge in [-0.2, -0.15) is 0 Å². The first-order valence-corrected chi connectivity index (χ1v) is 3.76. The normalized spacial score (nSPS) is 12.4. The molecule has 2 nitrogen and oxygen atoms in total. The van der Waals surface area contributed by atoms with Gasteiger partial charge >= 0.3 is 0 Å². The van der Waals surface area contributed by atoms with E-state index in [0.717, 1.165) is 5.57 Å². The predicted molar refractivity (Wildman–Crippen MR) is 45.5 cm³/mol. The molecule has 0 fully saturated rings. The lowest BCUT2D eigenvalue weighted by molar-refractivity contribution is -0.116. The average molecular weight is 156 g/mol. The van der Waals surface area contributed by atoms with Gasteiger partial charge in [0, 0.05) is 13.5 Å². The van der Waals surface area contributed by atoms with E-state index in [-0.39, 0.29) is 11.9 Å². The number of allylic oxidation sites excluding steroid dienone is 2. The third-order valence-electron chi connectivity index (χ3n) is 1.34. The van der Waals surface area contributed by atoms with Crippen molar-refractivity contribution in [3.05, 3.63) is 11.6 Å². The Kier molecular flexibility index (Phi) is 4.79. The van der Waals surface area contributed by atoms with E-state index in [2.05, 4.69) is 0 Å². The van der Waals surface area contributed by atoms with Crippen LogP contribution >= 0.6 is 0 Å². The summed E-state index contributed by atoms with van der Waals surface area (Å²) >= 11 is 0. The van der Waals surface area contributed by atoms with Crippen molar-refractivity contribution in [3.63, 3.8) is 0 Å². The molecule has 0 aliphatic carbocycles. The second-order valence-electron chi connectivity index (χ2n) is 2.94. The molecule has 0 heterocycles. The van der Waals surface area contributed by atoms with Crippen molar-refractivity contribution in [3.8, 4) is 0 Å². The summed E-state index contributed by atoms with van der Waals surface area (Å²) in [6, 6.07) is 0. The Labute approximate surface area is 68.2 Å². The van der Waals surface area contributed by atoms with Crippen LogP contribution in [0.5, 0.6) is 0 Å². The van der Waals surface area contributed by atoms with Crippen LogP contribution in [0.2, 0.25) is 0 Å². The molecule has 0 saturated heterocycles. The quantitative estimate of drug-likeness (QED) is 0.581. The van der Waals surface area contributed by atoms with Crippen molar-refractivity contribution < 1.29 is 9.53 Å². The Hall–Kier alpha value is -0.630. The molecule has 0 radical (unpaired) electrons. The van der Waals surface area contributed by atoms with Crippen LogP contribution in [0.3, 0.4) is 0 Å². The van der Waals surface area contributed by atoms with Gasteiger partial charge in [0.15, 0.2) is 5.78 Å². The number of carbonyl (C=O) groups is 1. The number of ketones is 1. The minimum Gasteiger partial charge on any atom is -0.381 e. The summed E-state index contributed by atoms with van der Waals surface area (Å²) in [5.74, 6) is 0.138. The molecule has 0 bridgehead atoms. The molecular weight excluding hydrogens is 140 g/mol. The Morgan fingerprint density at radius 1 is 1.55 bits per heavy atom. The highest BCUT2D eigenvalue weighted by molar-refractivity contribution is 5.90. The summed E-state index contributed by atoms with van der Waals surface area (Å²) in [6.07, 6.45) is 2.15. The molecule has 0 spiro atoms. The lowest BCUT2D eigenvalue weighted by Gasteiger charge is -2.05. The Morgan fingerprint density at radius 2 is 2.09 bits per heavy atom. The number of carbonyl (C=O) groups excluding carboxylic acids is 1. The third-order valence-corrected chi connectivity index (χ3v) is 1.34. The fourth-order valence-electron chi connectivity index (χ4n) is 0.748. The Bertz CT molecular complexity index is 155. The second kappa shape index (κ2) is 5.08. The van der Waals surface area contributed by atoms with Crippen molar-refractivity contribution in [2.75, 3.05) is 7.11 Å². The molecule has 2 heteroatoms. The van der Waals surface area contributed by atoms with Crippen LogP contribution in [0.4, 0.5) is 0 Å². The van der Waals surface area contributed by atoms with E-state index in [1.165, 1.54) is 0 Å². The van der Waals surface area contributed by atoms with Gasteiger partial charge < -0.3 is 4.74 Å². The molecule has 0 amide bonds. The van der Waals surface area contributed by atoms with Crippen molar-refractivity contribution in [2.45, 2.75) is 33.3 Å². The topological polar surface area (TPSA) is 26.3 Å². The highest BCUT2D eigenvalue weighted by Gasteiger charge is 2.04. The van der Waals surface area contributed by atoms with Gasteiger partial charge in [0.05, 0.1) is 6.10 Å². The smallest absolute Gasteiger partial charge is 0.158 e. The largest absolute Gasteiger partial charge is 0.381 e. The number of hydrogen-bond acceptors (Lipinski definition) is 2. The molecule has 1 unspecified atom stereocenters. The minimum atomic E-state index is 0.0260. The van der Waals surface area contributed by atoms with E-state index < -0.39 is 0 Å². The fourth-order valence-corrected chi connectivity index (χ4v) is 0.748. The number of ether oxygens (including phenoxy) is 1. The van der Waals surface area contributed by atoms with E-state index in [0.29, 0.717) is 6.42 Å². The van der Waals surface area contributed by atoms with Crippen LogP contribution in [-0.2, 0) is 9.53 Å². The van der Waals surface area contributed by atoms with Gasteiger partial charge in [-0.15, -0.1) is 0 Å². The molecule has 0 N–H and O–H groups in total. The van der Waals surface area contributed by atoms with E-state index in [1.54, 1.807) is 13.2 Å². The van der Waals surface area contributed by atoms with Gasteiger partial charge in [0.2, 0.25) is 0 Å². The molecule has 64 valence electrons. The van der Waals surface area contributed by atoms with E-state index in [4.69, 9.17) is 4.74 Å². The van der Waals surface area contributed by atoms with Crippen LogP contribution in [0, 0.1) is 0 Å². The molecule has 0 aromatic carbocycles. The SMILES string of the molecule is COC(C)CC(=O)C=C(C)C. The standard InChI is InChI=1S/C9H16O2/c1-7(2)5-9(10)6-8(3)11-4/h5,8H,6H2,1-4H3. The third kappa shape index (κ3) is 5.80. The summed E-state index contributed by atoms with van der Waals surface area (Å²) in [5.41, 5.74) is 1.04. The maximum atomic E-state index is 11.1. The molecule has 11 heavy (non-hydrogen) atoms. The van der Waals surface area contributed by atoms with Crippen molar-refractivity contribution in [1.29, 1.82) is 0 Å². The molecule has 1 atom stereocenters. The molecule has 0 saturated carbocycles. The average Bonchev–Trinajstić information content (AvgIpc) is 1.85. The van der Waals surface area contributed by atoms with Gasteiger partial charge in [0.25, 0.3) is 0 Å². The van der Waals surface area contributed by atoms with Crippen LogP contribution in [0.1, 0.15) is 27.2 Å². The highest BCUT2D eigenvalue weighted by atomic mass is 16.5. The zero-order valence-electron chi connectivity index (χ0n) is 7.68. The molecule has 0 rings (SSSR count). The maximum absolute atomic E-state index is 11.1. The van der Waals surface area contributed by atoms with E-state index >= 15 is 0 Å². The lowest BCUT2D eigenvalue weighted by atomic mass is 10.1. The zero-order chi connectivity index (χ0) is 8.85. The lowest BCUT2D eigenvalue weighted by Crippen LogP contribution is -2.10. The maximum Gasteiger partial charge on any atom is 0.158 e. The minimum absolute atomic E-state index is 0.0260. The van der Waals surface area contributed by atoms with Crippen LogP contribution in [0.15, 0.2) is 11.6 Å². The Balaban J connectivity index is 3.79. The van der Waals surface area contributed by atoms with Crippen LogP contribution in [-0.4, -0.2) is 19.0 Å². The predicted octanol–water partition coefficient (Wildman–Crippen LogP) is 1.95. The van der Waals surface area contributed by atoms with Gasteiger partial charge in [0.1, 0.15) is 0 Å². The summed E-state index contributed by atoms with van der Waals surface area (Å²) in [5, 5.41) is 0. The molecule has 0 aromatic rings. The zero-order valence-corrected chi connectivity index (χ0v) is 7.68. The van der Waals surface area contributed by atoms with Gasteiger partial charge in [-0.25, -0.2) is 0 Å². The van der Waals surface area contributed by atoms with Crippen molar-refractivity contribution in [1.82, 2.24) is 0 Å². The van der Waals surface area contributed by atoms with Crippen LogP contribution in [0.25, 0.3) is 0 Å². The van der Waals surface area contributed by atoms with Gasteiger partial charge in [-0.1, -0.05) is 5.57 Å². The summed E-state index contributed by atoms with van der Waals surface area (Å²) in [4.78, 5) is 11.1. The van der Waals surface area contributed by atoms with Crippen molar-refractivity contribution >= 4 is 5.78 Å². The summed E-state index contributed by atoms with van der Waals surface area (Å²) in [7, 11) is 1.61. The molecule has 0 aliphatic heterocycles. The van der Waals surface area contributed by atoms with Gasteiger partial charge in [-0.05, 0) is 26.8 Å². The monoisotopic (exact) mass is 156 g/mol. The first-order valence-electron chi connectivity index (χ1n) is 3.76. The molecule has 0 aliphatic rings. The second-order valence-corrected chi connectivity index (χ2v) is 2.94. The summed E-state index contributed by atoms with van der Waals surface area (Å²) < 4.78 is 4.95. The number of hydrogen-bond donors (Lipinski definition) is 0. The Morgan fingerprint density at radius 3 is 2.45 bits per heavy atom. The fraction of sp³-hybridized carbons (Fsp3) is 0.667. The summed E-state index contributed by atoms with van der Waals surface area (Å²) in [6.45, 7) is 5.71. The highest BCUT2D eigenvalue weighted by Crippen LogP contribution is 1.99. The number of methoxy groups -OCH3 is 1. The van der Waals surface area contributed by atoms with Crippen LogP contribution < -0.4 is 0 Å². The molecule has 0 aromatic heterocycles.